The molecule has 0 unspecified atom stereocenters. The largest absolute Gasteiger partial charge is 0.478 e. The molecule has 2 rings (SSSR count). The number of aromatic carboxylic acids is 1. The van der Waals surface area contributed by atoms with Gasteiger partial charge in [0.15, 0.2) is 5.82 Å². The maximum Gasteiger partial charge on any atom is 0.338 e. The van der Waals surface area contributed by atoms with Gasteiger partial charge in [-0.25, -0.2) is 9.18 Å². The summed E-state index contributed by atoms with van der Waals surface area (Å²) in [6.45, 7) is 0. The molecule has 0 bridgehead atoms. The second kappa shape index (κ2) is 4.92. The Hall–Kier alpha value is -2.28. The van der Waals surface area contributed by atoms with Crippen LogP contribution in [0.2, 0.25) is 0 Å². The molecule has 0 saturated carbocycles. The van der Waals surface area contributed by atoms with E-state index in [1.165, 1.54) is 30.3 Å². The average Bonchev–Trinajstić information content (AvgIpc) is 2.34. The van der Waals surface area contributed by atoms with Crippen molar-refractivity contribution < 1.29 is 14.3 Å². The van der Waals surface area contributed by atoms with E-state index in [-0.39, 0.29) is 21.8 Å². The average molecular weight is 265 g/mol. The summed E-state index contributed by atoms with van der Waals surface area (Å²) < 4.78 is 12.8. The van der Waals surface area contributed by atoms with Crippen molar-refractivity contribution >= 4 is 29.7 Å². The fraction of sp³-hybridized carbons (Fsp3) is 0. The molecule has 18 heavy (non-hydrogen) atoms. The predicted molar refractivity (Wildman–Crippen MR) is 66.1 cm³/mol. The Morgan fingerprint density at radius 1 is 1.39 bits per heavy atom. The van der Waals surface area contributed by atoms with Crippen molar-refractivity contribution in [3.63, 3.8) is 0 Å². The molecule has 2 aromatic rings. The number of rotatable bonds is 3. The monoisotopic (exact) mass is 265 g/mol. The van der Waals surface area contributed by atoms with Gasteiger partial charge in [-0.15, -0.1) is 0 Å². The fourth-order valence-corrected chi connectivity index (χ4v) is 1.50. The quantitative estimate of drug-likeness (QED) is 0.744. The third kappa shape index (κ3) is 2.69. The molecule has 0 atom stereocenters. The molecule has 0 saturated heterocycles. The van der Waals surface area contributed by atoms with Gasteiger partial charge in [-0.1, -0.05) is 12.2 Å². The molecule has 0 spiro atoms. The predicted octanol–water partition coefficient (Wildman–Crippen LogP) is 2.72. The van der Waals surface area contributed by atoms with Crippen LogP contribution in [-0.2, 0) is 0 Å². The van der Waals surface area contributed by atoms with E-state index >= 15 is 0 Å². The van der Waals surface area contributed by atoms with Crippen LogP contribution < -0.4 is 5.32 Å². The fourth-order valence-electron chi connectivity index (χ4n) is 1.31. The van der Waals surface area contributed by atoms with E-state index in [2.05, 4.69) is 15.5 Å². The Bertz CT molecular complexity index is 639. The Balaban J connectivity index is 2.30. The number of hydrogen-bond donors (Lipinski definition) is 3. The Kier molecular flexibility index (Phi) is 3.33. The number of carboxylic acid groups (broad SMARTS) is 1. The van der Waals surface area contributed by atoms with Gasteiger partial charge in [-0.3, -0.25) is 5.10 Å². The lowest BCUT2D eigenvalue weighted by Gasteiger charge is -2.05. The van der Waals surface area contributed by atoms with Gasteiger partial charge in [0.05, 0.1) is 5.56 Å². The Morgan fingerprint density at radius 2 is 2.06 bits per heavy atom. The van der Waals surface area contributed by atoms with Crippen molar-refractivity contribution in [3.05, 3.63) is 46.4 Å². The zero-order valence-electron chi connectivity index (χ0n) is 8.98. The van der Waals surface area contributed by atoms with Gasteiger partial charge in [0, 0.05) is 11.8 Å². The zero-order chi connectivity index (χ0) is 13.1. The lowest BCUT2D eigenvalue weighted by Crippen LogP contribution is -2.03. The number of benzene rings is 1. The second-order valence-corrected chi connectivity index (χ2v) is 3.84. The molecule has 5 nitrogen and oxygen atoms in total. The van der Waals surface area contributed by atoms with E-state index < -0.39 is 5.97 Å². The first-order valence-electron chi connectivity index (χ1n) is 4.92. The van der Waals surface area contributed by atoms with Crippen LogP contribution in [-0.4, -0.2) is 21.3 Å². The molecular formula is C11H8FN3O2S. The number of nitrogens with one attached hydrogen (secondary N) is 2. The molecule has 0 amide bonds. The summed E-state index contributed by atoms with van der Waals surface area (Å²) in [5, 5.41) is 18.0. The molecule has 7 heteroatoms. The number of H-pyrrole nitrogens is 1. The molecule has 1 heterocycles. The number of carbonyl (C=O) groups is 1. The number of carboxylic acids is 1. The molecule has 3 N–H and O–H groups in total. The minimum Gasteiger partial charge on any atom is -0.478 e. The van der Waals surface area contributed by atoms with Crippen molar-refractivity contribution in [2.24, 2.45) is 0 Å². The normalized spacial score (nSPS) is 10.1. The van der Waals surface area contributed by atoms with E-state index in [0.29, 0.717) is 5.69 Å². The van der Waals surface area contributed by atoms with Crippen LogP contribution in [0, 0.1) is 10.5 Å². The summed E-state index contributed by atoms with van der Waals surface area (Å²) in [6.07, 6.45) is 0. The number of anilines is 2. The van der Waals surface area contributed by atoms with Gasteiger partial charge in [-0.2, -0.15) is 5.10 Å². The highest BCUT2D eigenvalue weighted by molar-refractivity contribution is 7.71. The molecular weight excluding hydrogens is 257 g/mol. The van der Waals surface area contributed by atoms with Gasteiger partial charge in [-0.05, 0) is 24.3 Å². The van der Waals surface area contributed by atoms with E-state index in [4.69, 9.17) is 17.3 Å². The van der Waals surface area contributed by atoms with Gasteiger partial charge >= 0.3 is 5.97 Å². The first-order chi connectivity index (χ1) is 8.56. The third-order valence-corrected chi connectivity index (χ3v) is 2.46. The topological polar surface area (TPSA) is 78.0 Å². The summed E-state index contributed by atoms with van der Waals surface area (Å²) in [4.78, 5) is 10.9. The third-order valence-electron chi connectivity index (χ3n) is 2.15. The number of halogens is 1. The van der Waals surface area contributed by atoms with Crippen molar-refractivity contribution in [2.75, 3.05) is 5.32 Å². The molecule has 92 valence electrons. The smallest absolute Gasteiger partial charge is 0.338 e. The summed E-state index contributed by atoms with van der Waals surface area (Å²) in [5.41, 5.74) is 0.537. The molecule has 0 aliphatic carbocycles. The second-order valence-electron chi connectivity index (χ2n) is 3.43. The lowest BCUT2D eigenvalue weighted by atomic mass is 10.3. The number of nitrogens with zero attached hydrogens (tertiary/aromatic N) is 1. The summed E-state index contributed by atoms with van der Waals surface area (Å²) in [5.74, 6) is -1.21. The lowest BCUT2D eigenvalue weighted by molar-refractivity contribution is 0.0695. The van der Waals surface area contributed by atoms with Crippen LogP contribution in [0.5, 0.6) is 0 Å². The van der Waals surface area contributed by atoms with Crippen LogP contribution in [0.25, 0.3) is 0 Å². The van der Waals surface area contributed by atoms with Crippen molar-refractivity contribution in [1.82, 2.24) is 10.2 Å². The number of aromatic amines is 1. The van der Waals surface area contributed by atoms with E-state index in [1.54, 1.807) is 0 Å². The molecule has 0 radical (unpaired) electrons. The van der Waals surface area contributed by atoms with E-state index in [1.807, 2.05) is 0 Å². The van der Waals surface area contributed by atoms with Crippen molar-refractivity contribution in [2.45, 2.75) is 0 Å². The minimum atomic E-state index is -1.14. The van der Waals surface area contributed by atoms with E-state index in [9.17, 15) is 9.18 Å². The highest BCUT2D eigenvalue weighted by Gasteiger charge is 2.08. The summed E-state index contributed by atoms with van der Waals surface area (Å²) in [7, 11) is 0. The van der Waals surface area contributed by atoms with Crippen molar-refractivity contribution in [3.8, 4) is 0 Å². The summed E-state index contributed by atoms with van der Waals surface area (Å²) >= 11 is 4.79. The Labute approximate surface area is 106 Å². The van der Waals surface area contributed by atoms with Gasteiger partial charge in [0.25, 0.3) is 0 Å². The van der Waals surface area contributed by atoms with Crippen LogP contribution in [0.1, 0.15) is 10.4 Å². The van der Waals surface area contributed by atoms with Gasteiger partial charge in [0.2, 0.25) is 0 Å². The van der Waals surface area contributed by atoms with Gasteiger partial charge in [0.1, 0.15) is 10.5 Å². The highest BCUT2D eigenvalue weighted by Crippen LogP contribution is 2.15. The van der Waals surface area contributed by atoms with E-state index in [0.717, 1.165) is 0 Å². The molecule has 1 aromatic carbocycles. The summed E-state index contributed by atoms with van der Waals surface area (Å²) in [6, 6.07) is 6.90. The maximum absolute atomic E-state index is 12.7. The number of aromatic nitrogens is 2. The van der Waals surface area contributed by atoms with Crippen molar-refractivity contribution in [1.29, 1.82) is 0 Å². The number of hydrogen-bond acceptors (Lipinski definition) is 4. The van der Waals surface area contributed by atoms with Gasteiger partial charge < -0.3 is 10.4 Å². The molecule has 0 fully saturated rings. The first-order valence-corrected chi connectivity index (χ1v) is 5.33. The molecule has 0 aliphatic heterocycles. The Morgan fingerprint density at radius 3 is 2.67 bits per heavy atom. The maximum atomic E-state index is 12.7. The van der Waals surface area contributed by atoms with Crippen LogP contribution in [0.3, 0.4) is 0 Å². The SMILES string of the molecule is O=C(O)c1cc(Nc2ccc(F)cc2)n[nH]c1=S. The molecule has 0 aliphatic rings. The first kappa shape index (κ1) is 12.2. The minimum absolute atomic E-state index is 0.0483. The van der Waals surface area contributed by atoms with Crippen LogP contribution in [0.4, 0.5) is 15.9 Å². The standard InChI is InChI=1S/C11H8FN3O2S/c12-6-1-3-7(4-2-6)13-9-5-8(11(16)17)10(18)15-14-9/h1-5H,(H,13,14)(H,15,18)(H,16,17). The molecule has 1 aromatic heterocycles. The highest BCUT2D eigenvalue weighted by atomic mass is 32.1. The van der Waals surface area contributed by atoms with Crippen LogP contribution >= 0.6 is 12.2 Å². The zero-order valence-corrected chi connectivity index (χ0v) is 9.79. The van der Waals surface area contributed by atoms with Crippen LogP contribution in [0.15, 0.2) is 30.3 Å².